The maximum absolute atomic E-state index is 11.6. The number of ether oxygens (including phenoxy) is 1. The molecule has 1 aromatic carbocycles. The SMILES string of the molecule is C=CC(=O)OC1(CCC)CCC(c2cc[c]cc2)CC1. The van der Waals surface area contributed by atoms with Gasteiger partial charge >= 0.3 is 5.97 Å². The maximum atomic E-state index is 11.6. The van der Waals surface area contributed by atoms with Gasteiger partial charge < -0.3 is 4.74 Å². The molecule has 0 N–H and O–H groups in total. The first-order valence-corrected chi connectivity index (χ1v) is 7.50. The second-order valence-corrected chi connectivity index (χ2v) is 5.67. The molecule has 107 valence electrons. The van der Waals surface area contributed by atoms with Crippen molar-refractivity contribution in [3.05, 3.63) is 48.6 Å². The lowest BCUT2D eigenvalue weighted by molar-refractivity contribution is -0.158. The van der Waals surface area contributed by atoms with Gasteiger partial charge in [0.15, 0.2) is 0 Å². The molecule has 0 aliphatic heterocycles. The molecule has 0 atom stereocenters. The average molecular weight is 271 g/mol. The Bertz CT molecular complexity index is 442. The molecule has 0 unspecified atom stereocenters. The lowest BCUT2D eigenvalue weighted by atomic mass is 9.74. The van der Waals surface area contributed by atoms with Crippen LogP contribution in [0.5, 0.6) is 0 Å². The van der Waals surface area contributed by atoms with E-state index in [1.807, 2.05) is 12.1 Å². The molecule has 1 aliphatic rings. The van der Waals surface area contributed by atoms with Gasteiger partial charge in [-0.1, -0.05) is 44.2 Å². The molecule has 1 aliphatic carbocycles. The minimum atomic E-state index is -0.286. The number of benzene rings is 1. The van der Waals surface area contributed by atoms with Gasteiger partial charge in [0.1, 0.15) is 5.60 Å². The summed E-state index contributed by atoms with van der Waals surface area (Å²) in [4.78, 5) is 11.6. The van der Waals surface area contributed by atoms with Crippen LogP contribution in [-0.4, -0.2) is 11.6 Å². The molecular weight excluding hydrogens is 248 g/mol. The highest BCUT2D eigenvalue weighted by molar-refractivity contribution is 5.81. The van der Waals surface area contributed by atoms with Crippen LogP contribution < -0.4 is 0 Å². The zero-order chi connectivity index (χ0) is 14.4. The van der Waals surface area contributed by atoms with Gasteiger partial charge in [-0.3, -0.25) is 0 Å². The third-order valence-electron chi connectivity index (χ3n) is 4.30. The van der Waals surface area contributed by atoms with E-state index in [4.69, 9.17) is 4.74 Å². The van der Waals surface area contributed by atoms with Crippen LogP contribution in [0.1, 0.15) is 56.9 Å². The fraction of sp³-hybridized carbons (Fsp3) is 0.500. The van der Waals surface area contributed by atoms with Gasteiger partial charge in [0.05, 0.1) is 0 Å². The summed E-state index contributed by atoms with van der Waals surface area (Å²) in [5.41, 5.74) is 1.11. The van der Waals surface area contributed by atoms with E-state index in [0.29, 0.717) is 5.92 Å². The van der Waals surface area contributed by atoms with Gasteiger partial charge in [-0.2, -0.15) is 0 Å². The third kappa shape index (κ3) is 3.50. The Balaban J connectivity index is 2.02. The highest BCUT2D eigenvalue weighted by Gasteiger charge is 2.37. The Labute approximate surface area is 121 Å². The summed E-state index contributed by atoms with van der Waals surface area (Å²) in [6, 6.07) is 11.3. The van der Waals surface area contributed by atoms with Crippen molar-refractivity contribution in [2.75, 3.05) is 0 Å². The van der Waals surface area contributed by atoms with Crippen LogP contribution in [0, 0.1) is 6.07 Å². The predicted octanol–water partition coefficient (Wildman–Crippen LogP) is 4.41. The van der Waals surface area contributed by atoms with Crippen LogP contribution in [0.4, 0.5) is 0 Å². The van der Waals surface area contributed by atoms with E-state index in [2.05, 4.69) is 31.7 Å². The number of esters is 1. The predicted molar refractivity (Wildman–Crippen MR) is 80.4 cm³/mol. The zero-order valence-corrected chi connectivity index (χ0v) is 12.2. The van der Waals surface area contributed by atoms with E-state index in [-0.39, 0.29) is 11.6 Å². The van der Waals surface area contributed by atoms with Crippen LogP contribution in [0.3, 0.4) is 0 Å². The molecule has 20 heavy (non-hydrogen) atoms. The van der Waals surface area contributed by atoms with Crippen molar-refractivity contribution in [2.24, 2.45) is 0 Å². The quantitative estimate of drug-likeness (QED) is 0.585. The van der Waals surface area contributed by atoms with Gasteiger partial charge in [-0.25, -0.2) is 4.79 Å². The van der Waals surface area contributed by atoms with E-state index in [9.17, 15) is 4.79 Å². The summed E-state index contributed by atoms with van der Waals surface area (Å²) in [5.74, 6) is 0.295. The van der Waals surface area contributed by atoms with Gasteiger partial charge in [0, 0.05) is 6.08 Å². The molecule has 0 spiro atoms. The van der Waals surface area contributed by atoms with E-state index >= 15 is 0 Å². The van der Waals surface area contributed by atoms with E-state index in [1.54, 1.807) is 0 Å². The average Bonchev–Trinajstić information content (AvgIpc) is 2.49. The summed E-state index contributed by atoms with van der Waals surface area (Å²) in [6.07, 6.45) is 7.31. The molecule has 1 fully saturated rings. The van der Waals surface area contributed by atoms with Crippen molar-refractivity contribution in [3.8, 4) is 0 Å². The Hall–Kier alpha value is -1.57. The molecule has 1 radical (unpaired) electrons. The molecule has 1 aromatic rings. The number of hydrogen-bond donors (Lipinski definition) is 0. The molecule has 0 saturated heterocycles. The van der Waals surface area contributed by atoms with E-state index < -0.39 is 0 Å². The van der Waals surface area contributed by atoms with Crippen LogP contribution in [0.15, 0.2) is 36.9 Å². The van der Waals surface area contributed by atoms with Crippen molar-refractivity contribution in [1.82, 2.24) is 0 Å². The van der Waals surface area contributed by atoms with Crippen molar-refractivity contribution in [1.29, 1.82) is 0 Å². The maximum Gasteiger partial charge on any atom is 0.330 e. The van der Waals surface area contributed by atoms with Crippen LogP contribution in [0.2, 0.25) is 0 Å². The Morgan fingerprint density at radius 1 is 1.45 bits per heavy atom. The molecule has 0 amide bonds. The van der Waals surface area contributed by atoms with E-state index in [1.165, 1.54) is 11.6 Å². The first-order valence-electron chi connectivity index (χ1n) is 7.50. The number of rotatable bonds is 5. The fourth-order valence-corrected chi connectivity index (χ4v) is 3.26. The van der Waals surface area contributed by atoms with Crippen molar-refractivity contribution >= 4 is 5.97 Å². The zero-order valence-electron chi connectivity index (χ0n) is 12.2. The lowest BCUT2D eigenvalue weighted by Crippen LogP contribution is -2.38. The minimum Gasteiger partial charge on any atom is -0.456 e. The molecule has 2 rings (SSSR count). The molecule has 1 saturated carbocycles. The van der Waals surface area contributed by atoms with Crippen molar-refractivity contribution < 1.29 is 9.53 Å². The summed E-state index contributed by atoms with van der Waals surface area (Å²) in [7, 11) is 0. The topological polar surface area (TPSA) is 26.3 Å². The van der Waals surface area contributed by atoms with Gasteiger partial charge in [-0.15, -0.1) is 0 Å². The van der Waals surface area contributed by atoms with Crippen LogP contribution >= 0.6 is 0 Å². The second-order valence-electron chi connectivity index (χ2n) is 5.67. The highest BCUT2D eigenvalue weighted by atomic mass is 16.6. The molecule has 0 bridgehead atoms. The van der Waals surface area contributed by atoms with Gasteiger partial charge in [0.2, 0.25) is 0 Å². The third-order valence-corrected chi connectivity index (χ3v) is 4.30. The number of carbonyl (C=O) groups is 1. The Morgan fingerprint density at radius 2 is 2.10 bits per heavy atom. The smallest absolute Gasteiger partial charge is 0.330 e. The number of carbonyl (C=O) groups excluding carboxylic acids is 1. The lowest BCUT2D eigenvalue weighted by Gasteiger charge is -2.39. The highest BCUT2D eigenvalue weighted by Crippen LogP contribution is 2.42. The molecule has 2 nitrogen and oxygen atoms in total. The molecule has 0 aromatic heterocycles. The normalized spacial score (nSPS) is 25.9. The van der Waals surface area contributed by atoms with Crippen molar-refractivity contribution in [3.63, 3.8) is 0 Å². The molecule has 2 heteroatoms. The fourth-order valence-electron chi connectivity index (χ4n) is 3.26. The summed E-state index contributed by atoms with van der Waals surface area (Å²) in [5, 5.41) is 0. The minimum absolute atomic E-state index is 0.266. The largest absolute Gasteiger partial charge is 0.456 e. The Kier molecular flexibility index (Phi) is 4.99. The van der Waals surface area contributed by atoms with Crippen LogP contribution in [-0.2, 0) is 9.53 Å². The summed E-state index contributed by atoms with van der Waals surface area (Å²) < 4.78 is 5.69. The summed E-state index contributed by atoms with van der Waals surface area (Å²) >= 11 is 0. The summed E-state index contributed by atoms with van der Waals surface area (Å²) in [6.45, 7) is 5.64. The standard InChI is InChI=1S/C18H23O2/c1-3-12-18(20-17(19)4-2)13-10-16(11-14-18)15-8-6-5-7-9-15/h4,6-9,16H,2-3,10-14H2,1H3. The van der Waals surface area contributed by atoms with E-state index in [0.717, 1.165) is 38.5 Å². The Morgan fingerprint density at radius 3 is 2.65 bits per heavy atom. The van der Waals surface area contributed by atoms with Crippen molar-refractivity contribution in [2.45, 2.75) is 57.0 Å². The molecular formula is C18H23O2. The van der Waals surface area contributed by atoms with Gasteiger partial charge in [0.25, 0.3) is 0 Å². The van der Waals surface area contributed by atoms with Gasteiger partial charge in [-0.05, 0) is 49.7 Å². The first-order chi connectivity index (χ1) is 9.69. The second kappa shape index (κ2) is 6.74. The first kappa shape index (κ1) is 14.8. The molecule has 0 heterocycles. The van der Waals surface area contributed by atoms with Crippen LogP contribution in [0.25, 0.3) is 0 Å². The number of hydrogen-bond acceptors (Lipinski definition) is 2. The monoisotopic (exact) mass is 271 g/mol.